The molecule has 1 aliphatic rings. The van der Waals surface area contributed by atoms with Gasteiger partial charge in [0.15, 0.2) is 11.5 Å². The number of ether oxygens (including phenoxy) is 1. The average molecular weight is 262 g/mol. The second kappa shape index (κ2) is 5.13. The van der Waals surface area contributed by atoms with Crippen LogP contribution in [-0.2, 0) is 24.1 Å². The Bertz CT molecular complexity index is 559. The number of rotatable bonds is 3. The molecule has 19 heavy (non-hydrogen) atoms. The number of hydrogen-bond acceptors (Lipinski definition) is 5. The molecule has 0 aliphatic carbocycles. The number of hydrogen-bond donors (Lipinski definition) is 0. The largest absolute Gasteiger partial charge is 0.379 e. The molecule has 102 valence electrons. The van der Waals surface area contributed by atoms with E-state index in [0.29, 0.717) is 19.1 Å². The van der Waals surface area contributed by atoms with Crippen LogP contribution in [0.15, 0.2) is 10.6 Å². The third-order valence-corrected chi connectivity index (χ3v) is 3.15. The van der Waals surface area contributed by atoms with Crippen molar-refractivity contribution in [3.63, 3.8) is 0 Å². The zero-order valence-electron chi connectivity index (χ0n) is 11.3. The molecule has 0 amide bonds. The van der Waals surface area contributed by atoms with Gasteiger partial charge in [-0.3, -0.25) is 0 Å². The highest BCUT2D eigenvalue weighted by Crippen LogP contribution is 2.21. The molecule has 6 heteroatoms. The Hall–Kier alpha value is -1.69. The summed E-state index contributed by atoms with van der Waals surface area (Å²) in [6.07, 6.45) is 1.68. The summed E-state index contributed by atoms with van der Waals surface area (Å²) in [5.41, 5.74) is 0.760. The summed E-state index contributed by atoms with van der Waals surface area (Å²) in [6, 6.07) is 1.96. The Morgan fingerprint density at radius 3 is 3.05 bits per heavy atom. The van der Waals surface area contributed by atoms with Crippen molar-refractivity contribution in [2.75, 3.05) is 13.2 Å². The molecule has 0 fully saturated rings. The van der Waals surface area contributed by atoms with Crippen LogP contribution in [0.1, 0.15) is 25.4 Å². The van der Waals surface area contributed by atoms with Gasteiger partial charge in [-0.2, -0.15) is 0 Å². The van der Waals surface area contributed by atoms with Gasteiger partial charge in [0, 0.05) is 25.5 Å². The van der Waals surface area contributed by atoms with Crippen LogP contribution in [0.5, 0.6) is 0 Å². The van der Waals surface area contributed by atoms with Crippen LogP contribution in [0.4, 0.5) is 0 Å². The van der Waals surface area contributed by atoms with E-state index in [1.807, 2.05) is 6.07 Å². The van der Waals surface area contributed by atoms with E-state index in [1.165, 1.54) is 0 Å². The van der Waals surface area contributed by atoms with Gasteiger partial charge >= 0.3 is 0 Å². The number of fused-ring (bicyclic) bond motifs is 1. The summed E-state index contributed by atoms with van der Waals surface area (Å²) in [5.74, 6) is 3.18. The summed E-state index contributed by atoms with van der Waals surface area (Å²) >= 11 is 0. The van der Waals surface area contributed by atoms with Crippen LogP contribution in [0.3, 0.4) is 0 Å². The maximum Gasteiger partial charge on any atom is 0.186 e. The van der Waals surface area contributed by atoms with E-state index < -0.39 is 0 Å². The SMILES string of the molecule is CC(C)Cc1cc(-c2nnc3n2CCOCC3)no1. The monoisotopic (exact) mass is 262 g/mol. The predicted molar refractivity (Wildman–Crippen MR) is 68.6 cm³/mol. The first kappa shape index (κ1) is 12.3. The molecule has 0 radical (unpaired) electrons. The van der Waals surface area contributed by atoms with Crippen molar-refractivity contribution in [1.82, 2.24) is 19.9 Å². The van der Waals surface area contributed by atoms with E-state index in [1.54, 1.807) is 0 Å². The summed E-state index contributed by atoms with van der Waals surface area (Å²) in [5, 5.41) is 12.6. The van der Waals surface area contributed by atoms with Crippen molar-refractivity contribution in [3.05, 3.63) is 17.7 Å². The van der Waals surface area contributed by atoms with Gasteiger partial charge in [-0.15, -0.1) is 10.2 Å². The average Bonchev–Trinajstić information content (AvgIpc) is 2.90. The predicted octanol–water partition coefficient (Wildman–Crippen LogP) is 1.70. The first-order chi connectivity index (χ1) is 9.24. The van der Waals surface area contributed by atoms with Gasteiger partial charge in [0.05, 0.1) is 13.2 Å². The summed E-state index contributed by atoms with van der Waals surface area (Å²) in [4.78, 5) is 0. The minimum Gasteiger partial charge on any atom is -0.379 e. The Kier molecular flexibility index (Phi) is 3.33. The van der Waals surface area contributed by atoms with Crippen LogP contribution < -0.4 is 0 Å². The molecule has 0 aromatic carbocycles. The third-order valence-electron chi connectivity index (χ3n) is 3.15. The minimum atomic E-state index is 0.546. The minimum absolute atomic E-state index is 0.546. The molecule has 0 saturated carbocycles. The fourth-order valence-corrected chi connectivity index (χ4v) is 2.28. The Balaban J connectivity index is 1.89. The molecular formula is C13H18N4O2. The van der Waals surface area contributed by atoms with Crippen molar-refractivity contribution in [1.29, 1.82) is 0 Å². The maximum absolute atomic E-state index is 5.45. The summed E-state index contributed by atoms with van der Waals surface area (Å²) < 4.78 is 12.9. The Morgan fingerprint density at radius 2 is 2.21 bits per heavy atom. The van der Waals surface area contributed by atoms with E-state index >= 15 is 0 Å². The molecule has 0 spiro atoms. The molecule has 0 atom stereocenters. The molecule has 6 nitrogen and oxygen atoms in total. The third kappa shape index (κ3) is 2.53. The normalized spacial score (nSPS) is 15.5. The van der Waals surface area contributed by atoms with Crippen molar-refractivity contribution < 1.29 is 9.26 Å². The van der Waals surface area contributed by atoms with E-state index in [9.17, 15) is 0 Å². The maximum atomic E-state index is 5.45. The van der Waals surface area contributed by atoms with Gasteiger partial charge in [0.2, 0.25) is 0 Å². The Labute approximate surface area is 111 Å². The molecule has 2 aromatic heterocycles. The summed E-state index contributed by atoms with van der Waals surface area (Å²) in [7, 11) is 0. The molecule has 3 rings (SSSR count). The topological polar surface area (TPSA) is 66.0 Å². The zero-order chi connectivity index (χ0) is 13.2. The van der Waals surface area contributed by atoms with Gasteiger partial charge in [0.25, 0.3) is 0 Å². The number of nitrogens with zero attached hydrogens (tertiary/aromatic N) is 4. The van der Waals surface area contributed by atoms with Crippen molar-refractivity contribution in [2.24, 2.45) is 5.92 Å². The van der Waals surface area contributed by atoms with Crippen molar-refractivity contribution >= 4 is 0 Å². The van der Waals surface area contributed by atoms with Gasteiger partial charge in [-0.05, 0) is 5.92 Å². The van der Waals surface area contributed by atoms with E-state index in [4.69, 9.17) is 9.26 Å². The zero-order valence-corrected chi connectivity index (χ0v) is 11.3. The second-order valence-corrected chi connectivity index (χ2v) is 5.23. The van der Waals surface area contributed by atoms with E-state index in [2.05, 4.69) is 33.8 Å². The molecule has 1 aliphatic heterocycles. The molecule has 2 aromatic rings. The molecule has 3 heterocycles. The smallest absolute Gasteiger partial charge is 0.186 e. The highest BCUT2D eigenvalue weighted by atomic mass is 16.5. The van der Waals surface area contributed by atoms with Gasteiger partial charge < -0.3 is 13.8 Å². The highest BCUT2D eigenvalue weighted by molar-refractivity contribution is 5.49. The molecule has 0 bridgehead atoms. The molecule has 0 N–H and O–H groups in total. The lowest BCUT2D eigenvalue weighted by Crippen LogP contribution is -2.05. The molecular weight excluding hydrogens is 244 g/mol. The first-order valence-electron chi connectivity index (χ1n) is 6.70. The van der Waals surface area contributed by atoms with Crippen LogP contribution in [-0.4, -0.2) is 33.1 Å². The number of aromatic nitrogens is 4. The van der Waals surface area contributed by atoms with Crippen LogP contribution >= 0.6 is 0 Å². The molecule has 0 unspecified atom stereocenters. The van der Waals surface area contributed by atoms with Crippen LogP contribution in [0.25, 0.3) is 11.5 Å². The Morgan fingerprint density at radius 1 is 1.32 bits per heavy atom. The fraction of sp³-hybridized carbons (Fsp3) is 0.615. The van der Waals surface area contributed by atoms with Crippen molar-refractivity contribution in [3.8, 4) is 11.5 Å². The quantitative estimate of drug-likeness (QED) is 0.842. The van der Waals surface area contributed by atoms with Gasteiger partial charge in [-0.25, -0.2) is 0 Å². The van der Waals surface area contributed by atoms with Crippen LogP contribution in [0, 0.1) is 5.92 Å². The van der Waals surface area contributed by atoms with E-state index in [-0.39, 0.29) is 0 Å². The summed E-state index contributed by atoms with van der Waals surface area (Å²) in [6.45, 7) is 6.47. The van der Waals surface area contributed by atoms with Gasteiger partial charge in [0.1, 0.15) is 11.6 Å². The fourth-order valence-electron chi connectivity index (χ4n) is 2.28. The highest BCUT2D eigenvalue weighted by Gasteiger charge is 2.19. The van der Waals surface area contributed by atoms with Gasteiger partial charge in [-0.1, -0.05) is 19.0 Å². The molecule has 0 saturated heterocycles. The standard InChI is InChI=1S/C13H18N4O2/c1-9(2)7-10-8-11(16-19-10)13-15-14-12-3-5-18-6-4-17(12)13/h8-9H,3-7H2,1-2H3. The first-order valence-corrected chi connectivity index (χ1v) is 6.70. The second-order valence-electron chi connectivity index (χ2n) is 5.23. The van der Waals surface area contributed by atoms with Crippen molar-refractivity contribution in [2.45, 2.75) is 33.2 Å². The lowest BCUT2D eigenvalue weighted by atomic mass is 10.1. The van der Waals surface area contributed by atoms with Crippen LogP contribution in [0.2, 0.25) is 0 Å². The lowest BCUT2D eigenvalue weighted by Gasteiger charge is -2.03. The van der Waals surface area contributed by atoms with E-state index in [0.717, 1.165) is 42.5 Å². The lowest BCUT2D eigenvalue weighted by molar-refractivity contribution is 0.140.